The van der Waals surface area contributed by atoms with Crippen LogP contribution in [-0.4, -0.2) is 34.8 Å². The Morgan fingerprint density at radius 1 is 1.41 bits per heavy atom. The van der Waals surface area contributed by atoms with Gasteiger partial charge in [0.15, 0.2) is 0 Å². The molecule has 1 saturated carbocycles. The van der Waals surface area contributed by atoms with Crippen molar-refractivity contribution in [3.05, 3.63) is 38.9 Å². The highest BCUT2D eigenvalue weighted by Crippen LogP contribution is 2.43. The third-order valence-electron chi connectivity index (χ3n) is 5.69. The number of fused-ring (bicyclic) bond motifs is 1. The minimum atomic E-state index is -1.33. The number of carbonyl (C=O) groups is 1. The summed E-state index contributed by atoms with van der Waals surface area (Å²) in [7, 11) is 0. The maximum absolute atomic E-state index is 15.0. The number of benzene rings is 1. The fourth-order valence-corrected chi connectivity index (χ4v) is 4.25. The van der Waals surface area contributed by atoms with Gasteiger partial charge in [0.25, 0.3) is 0 Å². The van der Waals surface area contributed by atoms with Gasteiger partial charge >= 0.3 is 5.97 Å². The van der Waals surface area contributed by atoms with E-state index in [0.29, 0.717) is 18.6 Å². The number of nitrogens with two attached hydrogens (primary N) is 1. The molecule has 2 fully saturated rings. The van der Waals surface area contributed by atoms with Crippen LogP contribution in [0.25, 0.3) is 10.9 Å². The molecular formula is C19H21ClFN3O3. The highest BCUT2D eigenvalue weighted by molar-refractivity contribution is 6.38. The van der Waals surface area contributed by atoms with Crippen LogP contribution in [0.1, 0.15) is 43.1 Å². The minimum absolute atomic E-state index is 0.00388. The lowest BCUT2D eigenvalue weighted by molar-refractivity contribution is 0.0695. The first kappa shape index (κ1) is 18.3. The van der Waals surface area contributed by atoms with E-state index >= 15 is 4.39 Å². The lowest BCUT2D eigenvalue weighted by atomic mass is 9.89. The molecule has 2 heterocycles. The zero-order valence-corrected chi connectivity index (χ0v) is 15.9. The molecule has 2 aromatic rings. The number of pyridine rings is 1. The number of aromatic nitrogens is 1. The monoisotopic (exact) mass is 393 g/mol. The van der Waals surface area contributed by atoms with Crippen LogP contribution in [-0.2, 0) is 0 Å². The Bertz CT molecular complexity index is 1030. The smallest absolute Gasteiger partial charge is 0.341 e. The molecule has 1 saturated heterocycles. The van der Waals surface area contributed by atoms with Crippen LogP contribution in [0, 0.1) is 11.2 Å². The van der Waals surface area contributed by atoms with Crippen LogP contribution in [0.5, 0.6) is 0 Å². The second-order valence-electron chi connectivity index (χ2n) is 8.21. The number of aromatic carboxylic acids is 1. The highest BCUT2D eigenvalue weighted by Gasteiger charge is 2.39. The van der Waals surface area contributed by atoms with E-state index < -0.39 is 17.2 Å². The fraction of sp³-hybridized carbons (Fsp3) is 0.474. The molecule has 8 heteroatoms. The van der Waals surface area contributed by atoms with E-state index in [1.807, 2.05) is 18.7 Å². The Morgan fingerprint density at radius 2 is 2.07 bits per heavy atom. The summed E-state index contributed by atoms with van der Waals surface area (Å²) in [6, 6.07) is 1.05. The Morgan fingerprint density at radius 3 is 2.59 bits per heavy atom. The summed E-state index contributed by atoms with van der Waals surface area (Å²) in [5.74, 6) is -1.97. The number of hydrogen-bond donors (Lipinski definition) is 2. The number of carboxylic acids is 1. The van der Waals surface area contributed by atoms with Crippen molar-refractivity contribution in [2.45, 2.75) is 38.8 Å². The Kier molecular flexibility index (Phi) is 4.01. The molecular weight excluding hydrogens is 373 g/mol. The zero-order chi connectivity index (χ0) is 19.7. The molecule has 1 aromatic carbocycles. The molecule has 1 aliphatic carbocycles. The number of nitrogens with zero attached hydrogens (tertiary/aromatic N) is 2. The molecule has 0 radical (unpaired) electrons. The lowest BCUT2D eigenvalue weighted by Crippen LogP contribution is -2.35. The fourth-order valence-electron chi connectivity index (χ4n) is 3.84. The largest absolute Gasteiger partial charge is 0.477 e. The van der Waals surface area contributed by atoms with Crippen molar-refractivity contribution in [3.8, 4) is 0 Å². The number of carboxylic acid groups (broad SMARTS) is 1. The summed E-state index contributed by atoms with van der Waals surface area (Å²) < 4.78 is 16.7. The van der Waals surface area contributed by atoms with Gasteiger partial charge in [-0.15, -0.1) is 0 Å². The summed E-state index contributed by atoms with van der Waals surface area (Å²) in [5, 5.41) is 9.47. The molecule has 3 N–H and O–H groups in total. The highest BCUT2D eigenvalue weighted by atomic mass is 35.5. The lowest BCUT2D eigenvalue weighted by Gasteiger charge is -2.25. The van der Waals surface area contributed by atoms with Crippen molar-refractivity contribution >= 4 is 34.2 Å². The van der Waals surface area contributed by atoms with Crippen molar-refractivity contribution in [1.82, 2.24) is 4.57 Å². The van der Waals surface area contributed by atoms with Gasteiger partial charge in [0.2, 0.25) is 5.43 Å². The summed E-state index contributed by atoms with van der Waals surface area (Å²) in [5.41, 5.74) is 5.51. The number of anilines is 1. The average Bonchev–Trinajstić information content (AvgIpc) is 3.35. The standard InChI is InChI=1S/C19H21ClFN3O3/c1-19(2)8-23(7-13(19)22)16-12(21)5-10-15(14(16)20)24(9-3-4-9)6-11(17(10)25)18(26)27/h5-6,9,13H,3-4,7-8,22H2,1-2H3,(H,26,27)/t13-/m0/s1. The molecule has 2 aliphatic rings. The molecule has 6 nitrogen and oxygen atoms in total. The van der Waals surface area contributed by atoms with Gasteiger partial charge < -0.3 is 20.3 Å². The number of rotatable bonds is 3. The number of hydrogen-bond acceptors (Lipinski definition) is 4. The SMILES string of the molecule is CC1(C)CN(c2c(F)cc3c(=O)c(C(=O)O)cn(C4CC4)c3c2Cl)C[C@@H]1N. The van der Waals surface area contributed by atoms with Gasteiger partial charge in [-0.1, -0.05) is 25.4 Å². The van der Waals surface area contributed by atoms with Crippen molar-refractivity contribution in [2.24, 2.45) is 11.1 Å². The summed E-state index contributed by atoms with van der Waals surface area (Å²) in [6.07, 6.45) is 3.06. The quantitative estimate of drug-likeness (QED) is 0.836. The number of halogens is 2. The van der Waals surface area contributed by atoms with Gasteiger partial charge in [-0.25, -0.2) is 9.18 Å². The molecule has 1 atom stereocenters. The maximum Gasteiger partial charge on any atom is 0.341 e. The average molecular weight is 394 g/mol. The van der Waals surface area contributed by atoms with Gasteiger partial charge in [-0.2, -0.15) is 0 Å². The van der Waals surface area contributed by atoms with E-state index in [-0.39, 0.29) is 39.2 Å². The van der Waals surface area contributed by atoms with Crippen LogP contribution >= 0.6 is 11.6 Å². The Labute approximate surface area is 160 Å². The van der Waals surface area contributed by atoms with Crippen molar-refractivity contribution < 1.29 is 14.3 Å². The molecule has 4 rings (SSSR count). The van der Waals surface area contributed by atoms with Crippen LogP contribution in [0.15, 0.2) is 17.1 Å². The minimum Gasteiger partial charge on any atom is -0.477 e. The molecule has 0 spiro atoms. The van der Waals surface area contributed by atoms with Crippen LogP contribution in [0.2, 0.25) is 5.02 Å². The van der Waals surface area contributed by atoms with Crippen molar-refractivity contribution in [3.63, 3.8) is 0 Å². The third-order valence-corrected chi connectivity index (χ3v) is 6.05. The predicted molar refractivity (Wildman–Crippen MR) is 102 cm³/mol. The Balaban J connectivity index is 1.99. The summed E-state index contributed by atoms with van der Waals surface area (Å²) in [4.78, 5) is 25.9. The van der Waals surface area contributed by atoms with E-state index in [2.05, 4.69) is 0 Å². The molecule has 0 amide bonds. The molecule has 0 bridgehead atoms. The zero-order valence-electron chi connectivity index (χ0n) is 15.1. The van der Waals surface area contributed by atoms with Gasteiger partial charge in [0.1, 0.15) is 11.4 Å². The van der Waals surface area contributed by atoms with E-state index in [1.165, 1.54) is 6.20 Å². The van der Waals surface area contributed by atoms with Crippen LogP contribution in [0.4, 0.5) is 10.1 Å². The first-order valence-electron chi connectivity index (χ1n) is 8.92. The predicted octanol–water partition coefficient (Wildman–Crippen LogP) is 3.00. The first-order valence-corrected chi connectivity index (χ1v) is 9.30. The van der Waals surface area contributed by atoms with Crippen LogP contribution in [0.3, 0.4) is 0 Å². The maximum atomic E-state index is 15.0. The first-order chi connectivity index (χ1) is 12.6. The van der Waals surface area contributed by atoms with Gasteiger partial charge in [-0.05, 0) is 24.3 Å². The van der Waals surface area contributed by atoms with E-state index in [0.717, 1.165) is 18.9 Å². The van der Waals surface area contributed by atoms with Crippen molar-refractivity contribution in [1.29, 1.82) is 0 Å². The van der Waals surface area contributed by atoms with E-state index in [9.17, 15) is 14.7 Å². The van der Waals surface area contributed by atoms with Gasteiger partial charge in [0.05, 0.1) is 21.6 Å². The molecule has 0 unspecified atom stereocenters. The second-order valence-corrected chi connectivity index (χ2v) is 8.59. The summed E-state index contributed by atoms with van der Waals surface area (Å²) in [6.45, 7) is 5.03. The normalized spacial score (nSPS) is 21.8. The molecule has 1 aliphatic heterocycles. The van der Waals surface area contributed by atoms with Gasteiger partial charge in [-0.3, -0.25) is 4.79 Å². The summed E-state index contributed by atoms with van der Waals surface area (Å²) >= 11 is 6.62. The third kappa shape index (κ3) is 2.80. The van der Waals surface area contributed by atoms with Crippen molar-refractivity contribution in [2.75, 3.05) is 18.0 Å². The van der Waals surface area contributed by atoms with Gasteiger partial charge in [0, 0.05) is 31.4 Å². The van der Waals surface area contributed by atoms with E-state index in [1.54, 1.807) is 4.57 Å². The molecule has 1 aromatic heterocycles. The van der Waals surface area contributed by atoms with E-state index in [4.69, 9.17) is 17.3 Å². The van der Waals surface area contributed by atoms with Crippen LogP contribution < -0.4 is 16.1 Å². The topological polar surface area (TPSA) is 88.6 Å². The molecule has 27 heavy (non-hydrogen) atoms. The Hall–Kier alpha value is -2.12. The second kappa shape index (κ2) is 5.94. The molecule has 144 valence electrons.